The highest BCUT2D eigenvalue weighted by molar-refractivity contribution is 7.09. The molecule has 4 nitrogen and oxygen atoms in total. The van der Waals surface area contributed by atoms with Gasteiger partial charge in [0, 0.05) is 50.2 Å². The maximum atomic E-state index is 5.67. The van der Waals surface area contributed by atoms with Crippen molar-refractivity contribution in [2.45, 2.75) is 39.3 Å². The molecule has 0 unspecified atom stereocenters. The van der Waals surface area contributed by atoms with Crippen molar-refractivity contribution in [1.29, 1.82) is 0 Å². The summed E-state index contributed by atoms with van der Waals surface area (Å²) in [6.45, 7) is 8.52. The van der Waals surface area contributed by atoms with Crippen LogP contribution in [-0.2, 0) is 25.9 Å². The third-order valence-electron chi connectivity index (χ3n) is 5.41. The molecule has 25 heavy (non-hydrogen) atoms. The maximum absolute atomic E-state index is 5.67. The Morgan fingerprint density at radius 1 is 1.04 bits per heavy atom. The molecule has 1 fully saturated rings. The van der Waals surface area contributed by atoms with Gasteiger partial charge in [-0.1, -0.05) is 6.07 Å². The third-order valence-corrected chi connectivity index (χ3v) is 6.23. The fraction of sp³-hybridized carbons (Fsp3) is 0.550. The predicted molar refractivity (Wildman–Crippen MR) is 102 cm³/mol. The van der Waals surface area contributed by atoms with Crippen LogP contribution in [0.5, 0.6) is 5.75 Å². The quantitative estimate of drug-likeness (QED) is 0.821. The highest BCUT2D eigenvalue weighted by Crippen LogP contribution is 2.30. The van der Waals surface area contributed by atoms with Crippen LogP contribution in [0.15, 0.2) is 17.5 Å². The van der Waals surface area contributed by atoms with E-state index in [0.29, 0.717) is 0 Å². The van der Waals surface area contributed by atoms with Crippen LogP contribution in [-0.4, -0.2) is 48.1 Å². The minimum atomic E-state index is 0.986. The van der Waals surface area contributed by atoms with Crippen LogP contribution in [0.1, 0.15) is 33.8 Å². The molecule has 1 saturated heterocycles. The van der Waals surface area contributed by atoms with E-state index in [9.17, 15) is 0 Å². The Labute approximate surface area is 154 Å². The van der Waals surface area contributed by atoms with Gasteiger partial charge in [0.2, 0.25) is 0 Å². The SMILES string of the molecule is COc1cc2c(cc1CN1CCN(Cc3csc(C)n3)CC1)CCC2. The molecule has 0 radical (unpaired) electrons. The molecule has 1 aromatic carbocycles. The molecular weight excluding hydrogens is 330 g/mol. The Morgan fingerprint density at radius 2 is 1.72 bits per heavy atom. The largest absolute Gasteiger partial charge is 0.496 e. The molecule has 2 aromatic rings. The smallest absolute Gasteiger partial charge is 0.123 e. The maximum Gasteiger partial charge on any atom is 0.123 e. The molecule has 1 aromatic heterocycles. The lowest BCUT2D eigenvalue weighted by molar-refractivity contribution is 0.120. The van der Waals surface area contributed by atoms with Gasteiger partial charge in [-0.3, -0.25) is 9.80 Å². The van der Waals surface area contributed by atoms with E-state index in [1.807, 2.05) is 0 Å². The molecule has 0 spiro atoms. The van der Waals surface area contributed by atoms with Crippen molar-refractivity contribution in [3.63, 3.8) is 0 Å². The second kappa shape index (κ2) is 7.44. The Balaban J connectivity index is 1.35. The normalized spacial score (nSPS) is 18.5. The molecule has 0 bridgehead atoms. The minimum Gasteiger partial charge on any atom is -0.496 e. The second-order valence-electron chi connectivity index (χ2n) is 7.20. The van der Waals surface area contributed by atoms with Crippen molar-refractivity contribution >= 4 is 11.3 Å². The van der Waals surface area contributed by atoms with E-state index in [1.54, 1.807) is 18.4 Å². The summed E-state index contributed by atoms with van der Waals surface area (Å²) in [4.78, 5) is 9.67. The van der Waals surface area contributed by atoms with Crippen LogP contribution in [0.2, 0.25) is 0 Å². The highest BCUT2D eigenvalue weighted by Gasteiger charge is 2.21. The average molecular weight is 358 g/mol. The number of fused-ring (bicyclic) bond motifs is 1. The fourth-order valence-electron chi connectivity index (χ4n) is 4.02. The van der Waals surface area contributed by atoms with E-state index < -0.39 is 0 Å². The van der Waals surface area contributed by atoms with Gasteiger partial charge in [0.15, 0.2) is 0 Å². The number of aryl methyl sites for hydroxylation is 3. The Bertz CT molecular complexity index is 735. The number of hydrogen-bond donors (Lipinski definition) is 0. The van der Waals surface area contributed by atoms with E-state index in [2.05, 4.69) is 39.2 Å². The summed E-state index contributed by atoms with van der Waals surface area (Å²) < 4.78 is 5.67. The second-order valence-corrected chi connectivity index (χ2v) is 8.26. The third kappa shape index (κ3) is 3.89. The first-order chi connectivity index (χ1) is 12.2. The summed E-state index contributed by atoms with van der Waals surface area (Å²) in [5.74, 6) is 1.07. The number of benzene rings is 1. The molecule has 1 aliphatic heterocycles. The summed E-state index contributed by atoms with van der Waals surface area (Å²) >= 11 is 1.75. The number of aromatic nitrogens is 1. The number of hydrogen-bond acceptors (Lipinski definition) is 5. The topological polar surface area (TPSA) is 28.6 Å². The van der Waals surface area contributed by atoms with Crippen LogP contribution in [0.4, 0.5) is 0 Å². The van der Waals surface area contributed by atoms with E-state index in [-0.39, 0.29) is 0 Å². The number of rotatable bonds is 5. The van der Waals surface area contributed by atoms with Crippen LogP contribution in [0.3, 0.4) is 0 Å². The number of thiazole rings is 1. The summed E-state index contributed by atoms with van der Waals surface area (Å²) in [7, 11) is 1.80. The molecule has 0 amide bonds. The van der Waals surface area contributed by atoms with E-state index >= 15 is 0 Å². The van der Waals surface area contributed by atoms with E-state index in [4.69, 9.17) is 4.74 Å². The van der Waals surface area contributed by atoms with Gasteiger partial charge in [0.25, 0.3) is 0 Å². The average Bonchev–Trinajstić information content (AvgIpc) is 3.24. The lowest BCUT2D eigenvalue weighted by Gasteiger charge is -2.34. The summed E-state index contributed by atoms with van der Waals surface area (Å²) in [5, 5.41) is 3.36. The first kappa shape index (κ1) is 17.0. The molecular formula is C20H27N3OS. The monoisotopic (exact) mass is 357 g/mol. The van der Waals surface area contributed by atoms with Crippen LogP contribution in [0, 0.1) is 6.92 Å². The van der Waals surface area contributed by atoms with Crippen LogP contribution >= 0.6 is 11.3 Å². The molecule has 0 atom stereocenters. The molecule has 2 heterocycles. The van der Waals surface area contributed by atoms with E-state index in [0.717, 1.165) is 50.0 Å². The first-order valence-corrected chi connectivity index (χ1v) is 10.1. The van der Waals surface area contributed by atoms with Gasteiger partial charge in [0.05, 0.1) is 17.8 Å². The van der Waals surface area contributed by atoms with Crippen molar-refractivity contribution in [2.24, 2.45) is 0 Å². The van der Waals surface area contributed by atoms with Gasteiger partial charge in [0.1, 0.15) is 5.75 Å². The molecule has 0 N–H and O–H groups in total. The number of nitrogens with zero attached hydrogens (tertiary/aromatic N) is 3. The Morgan fingerprint density at radius 3 is 2.36 bits per heavy atom. The standard InChI is InChI=1S/C20H27N3OS/c1-15-21-19(14-25-15)13-23-8-6-22(7-9-23)12-18-10-16-4-3-5-17(16)11-20(18)24-2/h10-11,14H,3-9,12-13H2,1-2H3. The summed E-state index contributed by atoms with van der Waals surface area (Å²) in [5.41, 5.74) is 5.60. The van der Waals surface area contributed by atoms with Gasteiger partial charge in [-0.25, -0.2) is 4.98 Å². The number of methoxy groups -OCH3 is 1. The fourth-order valence-corrected chi connectivity index (χ4v) is 4.63. The van der Waals surface area contributed by atoms with Crippen molar-refractivity contribution in [3.8, 4) is 5.75 Å². The van der Waals surface area contributed by atoms with Crippen molar-refractivity contribution in [1.82, 2.24) is 14.8 Å². The zero-order valence-corrected chi connectivity index (χ0v) is 16.1. The van der Waals surface area contributed by atoms with E-state index in [1.165, 1.54) is 41.6 Å². The lowest BCUT2D eigenvalue weighted by Crippen LogP contribution is -2.45. The first-order valence-electron chi connectivity index (χ1n) is 9.25. The molecule has 0 saturated carbocycles. The van der Waals surface area contributed by atoms with Gasteiger partial charge >= 0.3 is 0 Å². The highest BCUT2D eigenvalue weighted by atomic mass is 32.1. The predicted octanol–water partition coefficient (Wildman–Crippen LogP) is 3.27. The summed E-state index contributed by atoms with van der Waals surface area (Å²) in [6.07, 6.45) is 3.73. The molecule has 1 aliphatic carbocycles. The van der Waals surface area contributed by atoms with Gasteiger partial charge in [-0.05, 0) is 43.4 Å². The lowest BCUT2D eigenvalue weighted by atomic mass is 10.0. The molecule has 134 valence electrons. The zero-order valence-electron chi connectivity index (χ0n) is 15.3. The van der Waals surface area contributed by atoms with Crippen LogP contribution in [0.25, 0.3) is 0 Å². The Kier molecular flexibility index (Phi) is 5.06. The van der Waals surface area contributed by atoms with Crippen molar-refractivity contribution in [2.75, 3.05) is 33.3 Å². The van der Waals surface area contributed by atoms with Gasteiger partial charge in [-0.2, -0.15) is 0 Å². The number of ether oxygens (including phenoxy) is 1. The van der Waals surface area contributed by atoms with Crippen molar-refractivity contribution < 1.29 is 4.74 Å². The molecule has 2 aliphatic rings. The number of piperazine rings is 1. The molecule has 5 heteroatoms. The molecule has 4 rings (SSSR count). The van der Waals surface area contributed by atoms with Gasteiger partial charge in [-0.15, -0.1) is 11.3 Å². The minimum absolute atomic E-state index is 0.986. The zero-order chi connectivity index (χ0) is 17.2. The van der Waals surface area contributed by atoms with Crippen LogP contribution < -0.4 is 4.74 Å². The summed E-state index contributed by atoms with van der Waals surface area (Å²) in [6, 6.07) is 4.67. The van der Waals surface area contributed by atoms with Crippen molar-refractivity contribution in [3.05, 3.63) is 44.9 Å². The van der Waals surface area contributed by atoms with Gasteiger partial charge < -0.3 is 4.74 Å². The Hall–Kier alpha value is -1.43.